The van der Waals surface area contributed by atoms with E-state index in [0.717, 1.165) is 15.6 Å². The zero-order chi connectivity index (χ0) is 17.5. The lowest BCUT2D eigenvalue weighted by atomic mass is 10.1. The van der Waals surface area contributed by atoms with Crippen LogP contribution in [0, 0.1) is 6.92 Å². The van der Waals surface area contributed by atoms with Crippen molar-refractivity contribution in [1.82, 2.24) is 10.2 Å². The van der Waals surface area contributed by atoms with Crippen LogP contribution < -0.4 is 5.32 Å². The Morgan fingerprint density at radius 3 is 2.54 bits per heavy atom. The molecule has 24 heavy (non-hydrogen) atoms. The lowest BCUT2D eigenvalue weighted by Crippen LogP contribution is -2.37. The number of hydrogen-bond donors (Lipinski definition) is 1. The normalized spacial score (nSPS) is 10.3. The van der Waals surface area contributed by atoms with E-state index in [-0.39, 0.29) is 11.8 Å². The number of hydrogen-bond acceptors (Lipinski definition) is 2. The summed E-state index contributed by atoms with van der Waals surface area (Å²) in [5, 5.41) is 2.86. The fraction of sp³-hybridized carbons (Fsp3) is 0.263. The smallest absolute Gasteiger partial charge is 0.251 e. The molecule has 0 radical (unpaired) electrons. The number of aryl methyl sites for hydroxylation is 1. The van der Waals surface area contributed by atoms with E-state index in [4.69, 9.17) is 0 Å². The second-order valence-corrected chi connectivity index (χ2v) is 6.55. The summed E-state index contributed by atoms with van der Waals surface area (Å²) in [5.74, 6) is -0.148. The predicted molar refractivity (Wildman–Crippen MR) is 98.7 cm³/mol. The van der Waals surface area contributed by atoms with Gasteiger partial charge in [0.15, 0.2) is 0 Å². The lowest BCUT2D eigenvalue weighted by molar-refractivity contribution is -0.129. The van der Waals surface area contributed by atoms with Crippen molar-refractivity contribution in [2.45, 2.75) is 20.4 Å². The van der Waals surface area contributed by atoms with Crippen molar-refractivity contribution >= 4 is 27.7 Å². The van der Waals surface area contributed by atoms with Crippen LogP contribution in [-0.4, -0.2) is 29.8 Å². The van der Waals surface area contributed by atoms with Crippen molar-refractivity contribution in [2.75, 3.05) is 13.1 Å². The molecule has 0 fully saturated rings. The summed E-state index contributed by atoms with van der Waals surface area (Å²) in [6, 6.07) is 15.2. The molecule has 0 aliphatic carbocycles. The molecule has 5 heteroatoms. The van der Waals surface area contributed by atoms with Gasteiger partial charge >= 0.3 is 0 Å². The highest BCUT2D eigenvalue weighted by Gasteiger charge is 2.12. The first-order chi connectivity index (χ1) is 11.5. The predicted octanol–water partition coefficient (Wildman–Crippen LogP) is 3.54. The molecule has 0 bridgehead atoms. The van der Waals surface area contributed by atoms with Gasteiger partial charge in [-0.25, -0.2) is 0 Å². The first-order valence-electron chi connectivity index (χ1n) is 7.81. The lowest BCUT2D eigenvalue weighted by Gasteiger charge is -2.22. The van der Waals surface area contributed by atoms with Gasteiger partial charge in [-0.05, 0) is 36.2 Å². The van der Waals surface area contributed by atoms with Gasteiger partial charge in [0.1, 0.15) is 0 Å². The minimum atomic E-state index is -0.143. The maximum absolute atomic E-state index is 12.1. The van der Waals surface area contributed by atoms with Crippen LogP contribution in [0.2, 0.25) is 0 Å². The molecule has 2 aromatic carbocycles. The molecule has 0 heterocycles. The molecule has 2 amide bonds. The highest BCUT2D eigenvalue weighted by atomic mass is 79.9. The van der Waals surface area contributed by atoms with Gasteiger partial charge in [-0.2, -0.15) is 0 Å². The van der Waals surface area contributed by atoms with Crippen LogP contribution in [0.4, 0.5) is 0 Å². The van der Waals surface area contributed by atoms with Gasteiger partial charge in [-0.3, -0.25) is 9.59 Å². The molecule has 0 saturated heterocycles. The quantitative estimate of drug-likeness (QED) is 0.822. The maximum atomic E-state index is 12.1. The monoisotopic (exact) mass is 388 g/mol. The Kier molecular flexibility index (Phi) is 6.55. The SMILES string of the molecule is CC(=O)N(CCNC(=O)c1cccc(Br)c1)Cc1ccccc1C. The first-order valence-corrected chi connectivity index (χ1v) is 8.60. The van der Waals surface area contributed by atoms with E-state index in [2.05, 4.69) is 21.2 Å². The van der Waals surface area contributed by atoms with Crippen LogP contribution in [0.15, 0.2) is 53.0 Å². The minimum Gasteiger partial charge on any atom is -0.350 e. The summed E-state index contributed by atoms with van der Waals surface area (Å²) >= 11 is 3.35. The Labute approximate surface area is 151 Å². The fourth-order valence-electron chi connectivity index (χ4n) is 2.38. The topological polar surface area (TPSA) is 49.4 Å². The van der Waals surface area contributed by atoms with Crippen LogP contribution >= 0.6 is 15.9 Å². The summed E-state index contributed by atoms with van der Waals surface area (Å²) in [5.41, 5.74) is 2.87. The molecule has 0 atom stereocenters. The fourth-order valence-corrected chi connectivity index (χ4v) is 2.78. The second kappa shape index (κ2) is 8.64. The molecule has 0 saturated carbocycles. The standard InChI is InChI=1S/C19H21BrN2O2/c1-14-6-3-4-7-17(14)13-22(15(2)23)11-10-21-19(24)16-8-5-9-18(20)12-16/h3-9,12H,10-11,13H2,1-2H3,(H,21,24). The number of carbonyl (C=O) groups is 2. The third kappa shape index (κ3) is 5.20. The van der Waals surface area contributed by atoms with E-state index in [9.17, 15) is 9.59 Å². The third-order valence-electron chi connectivity index (χ3n) is 3.82. The largest absolute Gasteiger partial charge is 0.350 e. The molecule has 0 aliphatic rings. The molecule has 126 valence electrons. The zero-order valence-electron chi connectivity index (χ0n) is 13.9. The highest BCUT2D eigenvalue weighted by Crippen LogP contribution is 2.12. The van der Waals surface area contributed by atoms with Gasteiger partial charge in [-0.1, -0.05) is 46.3 Å². The molecule has 1 N–H and O–H groups in total. The molecule has 0 aliphatic heterocycles. The van der Waals surface area contributed by atoms with Gasteiger partial charge in [0.25, 0.3) is 5.91 Å². The van der Waals surface area contributed by atoms with Crippen molar-refractivity contribution in [2.24, 2.45) is 0 Å². The van der Waals surface area contributed by atoms with Crippen LogP contribution in [0.25, 0.3) is 0 Å². The summed E-state index contributed by atoms with van der Waals surface area (Å²) < 4.78 is 0.861. The highest BCUT2D eigenvalue weighted by molar-refractivity contribution is 9.10. The van der Waals surface area contributed by atoms with E-state index in [1.165, 1.54) is 0 Å². The number of nitrogens with one attached hydrogen (secondary N) is 1. The molecule has 4 nitrogen and oxygen atoms in total. The Morgan fingerprint density at radius 1 is 1.12 bits per heavy atom. The van der Waals surface area contributed by atoms with Crippen molar-refractivity contribution in [3.63, 3.8) is 0 Å². The van der Waals surface area contributed by atoms with E-state index in [0.29, 0.717) is 25.2 Å². The summed E-state index contributed by atoms with van der Waals surface area (Å²) in [6.45, 7) is 5.02. The second-order valence-electron chi connectivity index (χ2n) is 5.63. The van der Waals surface area contributed by atoms with Gasteiger partial charge in [0.05, 0.1) is 0 Å². The number of nitrogens with zero attached hydrogens (tertiary/aromatic N) is 1. The number of amides is 2. The third-order valence-corrected chi connectivity index (χ3v) is 4.32. The van der Waals surface area contributed by atoms with Gasteiger partial charge in [0.2, 0.25) is 5.91 Å². The van der Waals surface area contributed by atoms with E-state index in [1.807, 2.05) is 43.3 Å². The molecule has 0 spiro atoms. The molecule has 2 aromatic rings. The van der Waals surface area contributed by atoms with Crippen molar-refractivity contribution < 1.29 is 9.59 Å². The number of halogens is 1. The van der Waals surface area contributed by atoms with Crippen LogP contribution in [-0.2, 0) is 11.3 Å². The van der Waals surface area contributed by atoms with Crippen LogP contribution in [0.3, 0.4) is 0 Å². The van der Waals surface area contributed by atoms with Crippen LogP contribution in [0.1, 0.15) is 28.4 Å². The average Bonchev–Trinajstić information content (AvgIpc) is 2.55. The zero-order valence-corrected chi connectivity index (χ0v) is 15.5. The Morgan fingerprint density at radius 2 is 1.88 bits per heavy atom. The molecule has 0 unspecified atom stereocenters. The molecular weight excluding hydrogens is 368 g/mol. The number of benzene rings is 2. The average molecular weight is 389 g/mol. The van der Waals surface area contributed by atoms with E-state index < -0.39 is 0 Å². The van der Waals surface area contributed by atoms with Crippen molar-refractivity contribution in [3.05, 3.63) is 69.7 Å². The maximum Gasteiger partial charge on any atom is 0.251 e. The van der Waals surface area contributed by atoms with Crippen LogP contribution in [0.5, 0.6) is 0 Å². The van der Waals surface area contributed by atoms with Gasteiger partial charge < -0.3 is 10.2 Å². The summed E-state index contributed by atoms with van der Waals surface area (Å²) in [4.78, 5) is 25.7. The van der Waals surface area contributed by atoms with Crippen molar-refractivity contribution in [3.8, 4) is 0 Å². The van der Waals surface area contributed by atoms with Gasteiger partial charge in [0, 0.05) is 36.6 Å². The van der Waals surface area contributed by atoms with E-state index in [1.54, 1.807) is 24.0 Å². The minimum absolute atomic E-state index is 0.00467. The number of rotatable bonds is 6. The van der Waals surface area contributed by atoms with Crippen molar-refractivity contribution in [1.29, 1.82) is 0 Å². The Bertz CT molecular complexity index is 731. The first kappa shape index (κ1) is 18.2. The Hall–Kier alpha value is -2.14. The molecular formula is C19H21BrN2O2. The summed E-state index contributed by atoms with van der Waals surface area (Å²) in [7, 11) is 0. The molecule has 2 rings (SSSR count). The number of carbonyl (C=O) groups excluding carboxylic acids is 2. The summed E-state index contributed by atoms with van der Waals surface area (Å²) in [6.07, 6.45) is 0. The van der Waals surface area contributed by atoms with Gasteiger partial charge in [-0.15, -0.1) is 0 Å². The van der Waals surface area contributed by atoms with E-state index >= 15 is 0 Å². The Balaban J connectivity index is 1.91. The molecule has 0 aromatic heterocycles.